The van der Waals surface area contributed by atoms with Crippen LogP contribution in [-0.4, -0.2) is 47.1 Å². The van der Waals surface area contributed by atoms with Crippen molar-refractivity contribution in [3.8, 4) is 11.6 Å². The van der Waals surface area contributed by atoms with Crippen LogP contribution in [0.25, 0.3) is 0 Å². The summed E-state index contributed by atoms with van der Waals surface area (Å²) >= 11 is 0. The van der Waals surface area contributed by atoms with E-state index in [4.69, 9.17) is 4.74 Å². The molecule has 0 bridgehead atoms. The Labute approximate surface area is 181 Å². The second-order valence-corrected chi connectivity index (χ2v) is 7.68. The standard InChI is InChI=1S/C24H25FN4O2/c1-17-13-18(2)15-22(14-17)31-23-8-3-19(16-26-23)24(27-30)29-11-9-28(10-12-29)21-6-4-20(25)5-7-21/h3-8,13-16,30H,9-12H2,1-2H3/b27-24-. The summed E-state index contributed by atoms with van der Waals surface area (Å²) in [6.07, 6.45) is 1.65. The molecule has 1 N–H and O–H groups in total. The second-order valence-electron chi connectivity index (χ2n) is 7.68. The lowest BCUT2D eigenvalue weighted by atomic mass is 10.1. The topological polar surface area (TPSA) is 61.2 Å². The van der Waals surface area contributed by atoms with Crippen LogP contribution < -0.4 is 9.64 Å². The third-order valence-electron chi connectivity index (χ3n) is 5.28. The van der Waals surface area contributed by atoms with Gasteiger partial charge in [-0.25, -0.2) is 9.37 Å². The summed E-state index contributed by atoms with van der Waals surface area (Å²) in [6.45, 7) is 6.89. The highest BCUT2D eigenvalue weighted by molar-refractivity contribution is 5.98. The van der Waals surface area contributed by atoms with Crippen molar-refractivity contribution in [2.45, 2.75) is 13.8 Å². The molecule has 4 rings (SSSR count). The molecule has 31 heavy (non-hydrogen) atoms. The van der Waals surface area contributed by atoms with Gasteiger partial charge in [0.25, 0.3) is 0 Å². The van der Waals surface area contributed by atoms with Crippen LogP contribution in [0.3, 0.4) is 0 Å². The van der Waals surface area contributed by atoms with Crippen LogP contribution in [0.15, 0.2) is 65.9 Å². The predicted molar refractivity (Wildman–Crippen MR) is 119 cm³/mol. The Hall–Kier alpha value is -3.61. The minimum absolute atomic E-state index is 0.241. The number of aryl methyl sites for hydroxylation is 2. The first-order valence-electron chi connectivity index (χ1n) is 10.2. The summed E-state index contributed by atoms with van der Waals surface area (Å²) in [5.41, 5.74) is 3.95. The van der Waals surface area contributed by atoms with Crippen LogP contribution in [0.1, 0.15) is 16.7 Å². The summed E-state index contributed by atoms with van der Waals surface area (Å²) in [7, 11) is 0. The Kier molecular flexibility index (Phi) is 6.02. The molecular formula is C24H25FN4O2. The zero-order chi connectivity index (χ0) is 21.8. The van der Waals surface area contributed by atoms with Crippen molar-refractivity contribution >= 4 is 11.5 Å². The molecule has 0 saturated carbocycles. The van der Waals surface area contributed by atoms with Crippen LogP contribution in [0.2, 0.25) is 0 Å². The first kappa shape index (κ1) is 20.7. The maximum Gasteiger partial charge on any atom is 0.219 e. The molecule has 6 nitrogen and oxygen atoms in total. The average molecular weight is 420 g/mol. The minimum Gasteiger partial charge on any atom is -0.439 e. The largest absolute Gasteiger partial charge is 0.439 e. The van der Waals surface area contributed by atoms with Gasteiger partial charge in [0, 0.05) is 49.7 Å². The fraction of sp³-hybridized carbons (Fsp3) is 0.250. The molecule has 0 atom stereocenters. The molecule has 1 aromatic heterocycles. The summed E-state index contributed by atoms with van der Waals surface area (Å²) in [5.74, 6) is 1.46. The number of pyridine rings is 1. The second kappa shape index (κ2) is 9.04. The number of amidine groups is 1. The van der Waals surface area contributed by atoms with E-state index in [2.05, 4.69) is 21.1 Å². The van der Waals surface area contributed by atoms with E-state index < -0.39 is 0 Å². The highest BCUT2D eigenvalue weighted by atomic mass is 19.1. The molecule has 3 aromatic rings. The Balaban J connectivity index is 1.41. The number of hydrogen-bond acceptors (Lipinski definition) is 5. The van der Waals surface area contributed by atoms with Gasteiger partial charge < -0.3 is 19.7 Å². The lowest BCUT2D eigenvalue weighted by Gasteiger charge is -2.37. The van der Waals surface area contributed by atoms with Crippen LogP contribution >= 0.6 is 0 Å². The average Bonchev–Trinajstić information content (AvgIpc) is 2.76. The van der Waals surface area contributed by atoms with E-state index in [-0.39, 0.29) is 5.82 Å². The number of aromatic nitrogens is 1. The molecule has 0 unspecified atom stereocenters. The van der Waals surface area contributed by atoms with Crippen molar-refractivity contribution in [3.63, 3.8) is 0 Å². The molecule has 1 aliphatic heterocycles. The van der Waals surface area contributed by atoms with Crippen molar-refractivity contribution in [1.29, 1.82) is 0 Å². The van der Waals surface area contributed by atoms with Crippen molar-refractivity contribution in [2.75, 3.05) is 31.1 Å². The van der Waals surface area contributed by atoms with Crippen LogP contribution in [0, 0.1) is 19.7 Å². The molecule has 2 heterocycles. The van der Waals surface area contributed by atoms with E-state index in [0.29, 0.717) is 30.4 Å². The fourth-order valence-corrected chi connectivity index (χ4v) is 3.82. The first-order chi connectivity index (χ1) is 15.0. The Morgan fingerprint density at radius 1 is 0.968 bits per heavy atom. The number of ether oxygens (including phenoxy) is 1. The molecular weight excluding hydrogens is 395 g/mol. The van der Waals surface area contributed by atoms with Crippen molar-refractivity contribution in [2.24, 2.45) is 5.16 Å². The SMILES string of the molecule is Cc1cc(C)cc(Oc2ccc(/C(=N/O)N3CCN(c4ccc(F)cc4)CC3)cn2)c1. The highest BCUT2D eigenvalue weighted by Gasteiger charge is 2.22. The van der Waals surface area contributed by atoms with Gasteiger partial charge in [0.15, 0.2) is 5.84 Å². The summed E-state index contributed by atoms with van der Waals surface area (Å²) in [6, 6.07) is 16.1. The third kappa shape index (κ3) is 4.94. The first-order valence-corrected chi connectivity index (χ1v) is 10.2. The maximum atomic E-state index is 13.2. The van der Waals surface area contributed by atoms with E-state index in [9.17, 15) is 9.60 Å². The van der Waals surface area contributed by atoms with E-state index in [0.717, 1.165) is 35.7 Å². The monoisotopic (exact) mass is 420 g/mol. The number of benzene rings is 2. The van der Waals surface area contributed by atoms with Gasteiger partial charge in [-0.3, -0.25) is 0 Å². The van der Waals surface area contributed by atoms with Gasteiger partial charge in [-0.05, 0) is 67.4 Å². The number of oxime groups is 1. The number of rotatable bonds is 4. The Morgan fingerprint density at radius 3 is 2.23 bits per heavy atom. The molecule has 7 heteroatoms. The molecule has 160 valence electrons. The Bertz CT molecular complexity index is 1040. The normalized spacial score (nSPS) is 14.6. The number of hydrogen-bond donors (Lipinski definition) is 1. The lowest BCUT2D eigenvalue weighted by molar-refractivity contribution is 0.296. The number of piperazine rings is 1. The Morgan fingerprint density at radius 2 is 1.65 bits per heavy atom. The van der Waals surface area contributed by atoms with Crippen molar-refractivity contribution < 1.29 is 14.3 Å². The van der Waals surface area contributed by atoms with E-state index in [1.807, 2.05) is 36.9 Å². The summed E-state index contributed by atoms with van der Waals surface area (Å²) in [5, 5.41) is 13.2. The van der Waals surface area contributed by atoms with Gasteiger partial charge in [0.05, 0.1) is 0 Å². The molecule has 1 fully saturated rings. The van der Waals surface area contributed by atoms with E-state index in [1.165, 1.54) is 12.1 Å². The van der Waals surface area contributed by atoms with Gasteiger partial charge in [-0.2, -0.15) is 0 Å². The smallest absolute Gasteiger partial charge is 0.219 e. The lowest BCUT2D eigenvalue weighted by Crippen LogP contribution is -2.49. The van der Waals surface area contributed by atoms with Crippen molar-refractivity contribution in [1.82, 2.24) is 9.88 Å². The number of anilines is 1. The van der Waals surface area contributed by atoms with Gasteiger partial charge in [0.2, 0.25) is 5.88 Å². The number of halogens is 1. The summed E-state index contributed by atoms with van der Waals surface area (Å²) in [4.78, 5) is 8.58. The van der Waals surface area contributed by atoms with Crippen LogP contribution in [-0.2, 0) is 0 Å². The van der Waals surface area contributed by atoms with E-state index >= 15 is 0 Å². The van der Waals surface area contributed by atoms with Crippen LogP contribution in [0.5, 0.6) is 11.6 Å². The highest BCUT2D eigenvalue weighted by Crippen LogP contribution is 2.23. The fourth-order valence-electron chi connectivity index (χ4n) is 3.82. The van der Waals surface area contributed by atoms with Gasteiger partial charge in [0.1, 0.15) is 11.6 Å². The zero-order valence-electron chi connectivity index (χ0n) is 17.6. The summed E-state index contributed by atoms with van der Waals surface area (Å²) < 4.78 is 19.0. The molecule has 1 aliphatic rings. The van der Waals surface area contributed by atoms with Crippen molar-refractivity contribution in [3.05, 3.63) is 83.3 Å². The van der Waals surface area contributed by atoms with Gasteiger partial charge >= 0.3 is 0 Å². The maximum absolute atomic E-state index is 13.2. The van der Waals surface area contributed by atoms with Gasteiger partial charge in [-0.15, -0.1) is 0 Å². The molecule has 0 aliphatic carbocycles. The molecule has 0 spiro atoms. The quantitative estimate of drug-likeness (QED) is 0.290. The molecule has 0 radical (unpaired) electrons. The molecule has 2 aromatic carbocycles. The molecule has 0 amide bonds. The van der Waals surface area contributed by atoms with Crippen LogP contribution in [0.4, 0.5) is 10.1 Å². The zero-order valence-corrected chi connectivity index (χ0v) is 17.6. The van der Waals surface area contributed by atoms with Gasteiger partial charge in [-0.1, -0.05) is 11.2 Å². The predicted octanol–water partition coefficient (Wildman–Crippen LogP) is 4.59. The van der Waals surface area contributed by atoms with E-state index in [1.54, 1.807) is 24.4 Å². The third-order valence-corrected chi connectivity index (χ3v) is 5.28. The number of nitrogens with zero attached hydrogens (tertiary/aromatic N) is 4. The minimum atomic E-state index is -0.241. The molecule has 1 saturated heterocycles.